The molecule has 2 heterocycles. The Morgan fingerprint density at radius 2 is 2.00 bits per heavy atom. The molecule has 1 unspecified atom stereocenters. The zero-order chi connectivity index (χ0) is 13.2. The van der Waals surface area contributed by atoms with Crippen LogP contribution >= 0.6 is 0 Å². The van der Waals surface area contributed by atoms with Crippen molar-refractivity contribution in [1.82, 2.24) is 9.97 Å². The van der Waals surface area contributed by atoms with Crippen molar-refractivity contribution < 1.29 is 0 Å². The van der Waals surface area contributed by atoms with Crippen molar-refractivity contribution >= 4 is 5.95 Å². The highest BCUT2D eigenvalue weighted by atomic mass is 15.3. The van der Waals surface area contributed by atoms with Crippen molar-refractivity contribution in [2.24, 2.45) is 5.73 Å². The Bertz CT molecular complexity index is 568. The van der Waals surface area contributed by atoms with E-state index in [0.29, 0.717) is 0 Å². The lowest BCUT2D eigenvalue weighted by Gasteiger charge is -2.17. The molecule has 1 aromatic carbocycles. The quantitative estimate of drug-likeness (QED) is 0.890. The van der Waals surface area contributed by atoms with Gasteiger partial charge in [-0.2, -0.15) is 0 Å². The third-order valence-corrected chi connectivity index (χ3v) is 3.42. The topological polar surface area (TPSA) is 55.0 Å². The van der Waals surface area contributed by atoms with Crippen molar-refractivity contribution in [1.29, 1.82) is 0 Å². The molecule has 19 heavy (non-hydrogen) atoms. The van der Waals surface area contributed by atoms with E-state index in [0.717, 1.165) is 42.4 Å². The third-order valence-electron chi connectivity index (χ3n) is 3.42. The molecule has 4 heteroatoms. The molecule has 0 aliphatic carbocycles. The fourth-order valence-corrected chi connectivity index (χ4v) is 2.42. The minimum absolute atomic E-state index is 0.240. The molecule has 98 valence electrons. The van der Waals surface area contributed by atoms with Crippen LogP contribution in [0.1, 0.15) is 12.1 Å². The van der Waals surface area contributed by atoms with Crippen LogP contribution in [0.15, 0.2) is 36.4 Å². The molecule has 1 aliphatic rings. The van der Waals surface area contributed by atoms with Gasteiger partial charge in [-0.05, 0) is 19.4 Å². The van der Waals surface area contributed by atoms with Crippen LogP contribution in [-0.4, -0.2) is 29.1 Å². The van der Waals surface area contributed by atoms with Gasteiger partial charge in [-0.25, -0.2) is 9.97 Å². The van der Waals surface area contributed by atoms with Gasteiger partial charge in [0.15, 0.2) is 0 Å². The second-order valence-electron chi connectivity index (χ2n) is 5.06. The van der Waals surface area contributed by atoms with E-state index in [1.165, 1.54) is 0 Å². The van der Waals surface area contributed by atoms with E-state index in [2.05, 4.69) is 27.0 Å². The Labute approximate surface area is 113 Å². The Hall–Kier alpha value is -1.94. The SMILES string of the molecule is Cc1cc(-c2ccccc2)nc(N2CCC(N)C2)n1. The van der Waals surface area contributed by atoms with Gasteiger partial charge < -0.3 is 10.6 Å². The van der Waals surface area contributed by atoms with Gasteiger partial charge in [-0.15, -0.1) is 0 Å². The van der Waals surface area contributed by atoms with E-state index in [4.69, 9.17) is 5.73 Å². The molecule has 4 nitrogen and oxygen atoms in total. The summed E-state index contributed by atoms with van der Waals surface area (Å²) >= 11 is 0. The second-order valence-corrected chi connectivity index (χ2v) is 5.06. The molecule has 1 fully saturated rings. The van der Waals surface area contributed by atoms with Gasteiger partial charge in [0.25, 0.3) is 0 Å². The summed E-state index contributed by atoms with van der Waals surface area (Å²) < 4.78 is 0. The average molecular weight is 254 g/mol. The first-order chi connectivity index (χ1) is 9.22. The Balaban J connectivity index is 1.97. The largest absolute Gasteiger partial charge is 0.339 e. The summed E-state index contributed by atoms with van der Waals surface area (Å²) in [5.41, 5.74) is 9.04. The normalized spacial score (nSPS) is 18.8. The monoisotopic (exact) mass is 254 g/mol. The predicted molar refractivity (Wildman–Crippen MR) is 77.0 cm³/mol. The molecular formula is C15H18N4. The summed E-state index contributed by atoms with van der Waals surface area (Å²) in [6, 6.07) is 12.5. The van der Waals surface area contributed by atoms with Gasteiger partial charge >= 0.3 is 0 Å². The number of nitrogens with two attached hydrogens (primary N) is 1. The Kier molecular flexibility index (Phi) is 3.17. The predicted octanol–water partition coefficient (Wildman–Crippen LogP) is 1.99. The highest BCUT2D eigenvalue weighted by Crippen LogP contribution is 2.22. The lowest BCUT2D eigenvalue weighted by atomic mass is 10.1. The molecule has 1 aliphatic heterocycles. The number of nitrogens with zero attached hydrogens (tertiary/aromatic N) is 3. The lowest BCUT2D eigenvalue weighted by molar-refractivity contribution is 0.750. The van der Waals surface area contributed by atoms with Crippen LogP contribution in [0.4, 0.5) is 5.95 Å². The van der Waals surface area contributed by atoms with E-state index in [1.54, 1.807) is 0 Å². The van der Waals surface area contributed by atoms with E-state index in [1.807, 2.05) is 31.2 Å². The summed E-state index contributed by atoms with van der Waals surface area (Å²) in [7, 11) is 0. The van der Waals surface area contributed by atoms with Crippen molar-refractivity contribution in [3.63, 3.8) is 0 Å². The van der Waals surface area contributed by atoms with Crippen LogP contribution in [0.5, 0.6) is 0 Å². The van der Waals surface area contributed by atoms with E-state index < -0.39 is 0 Å². The molecule has 2 aromatic rings. The number of anilines is 1. The van der Waals surface area contributed by atoms with Gasteiger partial charge in [0.1, 0.15) is 0 Å². The van der Waals surface area contributed by atoms with E-state index in [9.17, 15) is 0 Å². The average Bonchev–Trinajstić information content (AvgIpc) is 2.86. The number of aryl methyl sites for hydroxylation is 1. The first kappa shape index (κ1) is 12.1. The molecule has 0 spiro atoms. The smallest absolute Gasteiger partial charge is 0.226 e. The minimum Gasteiger partial charge on any atom is -0.339 e. The molecule has 1 saturated heterocycles. The Morgan fingerprint density at radius 3 is 2.68 bits per heavy atom. The van der Waals surface area contributed by atoms with Crippen LogP contribution < -0.4 is 10.6 Å². The summed E-state index contributed by atoms with van der Waals surface area (Å²) in [5, 5.41) is 0. The first-order valence-electron chi connectivity index (χ1n) is 6.64. The zero-order valence-electron chi connectivity index (χ0n) is 11.1. The van der Waals surface area contributed by atoms with Crippen LogP contribution in [-0.2, 0) is 0 Å². The fraction of sp³-hybridized carbons (Fsp3) is 0.333. The highest BCUT2D eigenvalue weighted by Gasteiger charge is 2.21. The molecular weight excluding hydrogens is 236 g/mol. The molecule has 3 rings (SSSR count). The summed E-state index contributed by atoms with van der Waals surface area (Å²) in [5.74, 6) is 0.798. The van der Waals surface area contributed by atoms with Crippen molar-refractivity contribution in [3.05, 3.63) is 42.1 Å². The highest BCUT2D eigenvalue weighted by molar-refractivity contribution is 5.60. The number of hydrogen-bond donors (Lipinski definition) is 1. The van der Waals surface area contributed by atoms with Crippen LogP contribution in [0.25, 0.3) is 11.3 Å². The van der Waals surface area contributed by atoms with Crippen molar-refractivity contribution in [2.45, 2.75) is 19.4 Å². The maximum absolute atomic E-state index is 5.95. The minimum atomic E-state index is 0.240. The van der Waals surface area contributed by atoms with Crippen LogP contribution in [0.2, 0.25) is 0 Å². The second kappa shape index (κ2) is 4.97. The number of rotatable bonds is 2. The molecule has 0 amide bonds. The van der Waals surface area contributed by atoms with Gasteiger partial charge in [-0.3, -0.25) is 0 Å². The summed E-state index contributed by atoms with van der Waals surface area (Å²) in [6.45, 7) is 3.80. The molecule has 0 saturated carbocycles. The standard InChI is InChI=1S/C15H18N4/c1-11-9-14(12-5-3-2-4-6-12)18-15(17-11)19-8-7-13(16)10-19/h2-6,9,13H,7-8,10,16H2,1H3. The van der Waals surface area contributed by atoms with E-state index in [-0.39, 0.29) is 6.04 Å². The summed E-state index contributed by atoms with van der Waals surface area (Å²) in [4.78, 5) is 11.4. The van der Waals surface area contributed by atoms with Gasteiger partial charge in [0.2, 0.25) is 5.95 Å². The van der Waals surface area contributed by atoms with Crippen molar-refractivity contribution in [2.75, 3.05) is 18.0 Å². The maximum atomic E-state index is 5.95. The molecule has 0 radical (unpaired) electrons. The number of benzene rings is 1. The van der Waals surface area contributed by atoms with Crippen LogP contribution in [0.3, 0.4) is 0 Å². The van der Waals surface area contributed by atoms with Gasteiger partial charge in [-0.1, -0.05) is 30.3 Å². The lowest BCUT2D eigenvalue weighted by Crippen LogP contribution is -2.27. The van der Waals surface area contributed by atoms with Crippen LogP contribution in [0, 0.1) is 6.92 Å². The first-order valence-corrected chi connectivity index (χ1v) is 6.64. The zero-order valence-corrected chi connectivity index (χ0v) is 11.1. The summed E-state index contributed by atoms with van der Waals surface area (Å²) in [6.07, 6.45) is 1.01. The number of hydrogen-bond acceptors (Lipinski definition) is 4. The molecule has 0 bridgehead atoms. The number of aromatic nitrogens is 2. The molecule has 1 aromatic heterocycles. The van der Waals surface area contributed by atoms with Gasteiger partial charge in [0, 0.05) is 30.4 Å². The van der Waals surface area contributed by atoms with Gasteiger partial charge in [0.05, 0.1) is 5.69 Å². The fourth-order valence-electron chi connectivity index (χ4n) is 2.42. The molecule has 2 N–H and O–H groups in total. The molecule has 1 atom stereocenters. The Morgan fingerprint density at radius 1 is 1.21 bits per heavy atom. The third kappa shape index (κ3) is 2.58. The van der Waals surface area contributed by atoms with Crippen molar-refractivity contribution in [3.8, 4) is 11.3 Å². The maximum Gasteiger partial charge on any atom is 0.226 e. The van der Waals surface area contributed by atoms with E-state index >= 15 is 0 Å².